The molecule has 0 bridgehead atoms. The van der Waals surface area contributed by atoms with Crippen molar-refractivity contribution in [2.24, 2.45) is 0 Å². The molecule has 0 aromatic carbocycles. The number of carboxylic acids is 1. The summed E-state index contributed by atoms with van der Waals surface area (Å²) in [6, 6.07) is 0. The number of carbonyl (C=O) groups is 1. The summed E-state index contributed by atoms with van der Waals surface area (Å²) in [5.41, 5.74) is 0. The summed E-state index contributed by atoms with van der Waals surface area (Å²) in [4.78, 5) is 10.2. The molecule has 0 amide bonds. The second-order valence-electron chi connectivity index (χ2n) is 2.60. The van der Waals surface area contributed by atoms with E-state index in [4.69, 9.17) is 9.84 Å². The van der Waals surface area contributed by atoms with Gasteiger partial charge in [0.2, 0.25) is 0 Å². The third-order valence-electron chi connectivity index (χ3n) is 1.63. The van der Waals surface area contributed by atoms with Gasteiger partial charge in [-0.1, -0.05) is 0 Å². The molecule has 0 aromatic heterocycles. The zero-order chi connectivity index (χ0) is 8.10. The maximum absolute atomic E-state index is 10.2. The first-order valence-electron chi connectivity index (χ1n) is 3.86. The highest BCUT2D eigenvalue weighted by atomic mass is 16.5. The Balaban J connectivity index is 2.09. The van der Waals surface area contributed by atoms with Crippen LogP contribution in [0.1, 0.15) is 19.3 Å². The van der Waals surface area contributed by atoms with Gasteiger partial charge >= 0.3 is 5.97 Å². The van der Waals surface area contributed by atoms with Crippen LogP contribution in [0.25, 0.3) is 0 Å². The minimum Gasteiger partial charge on any atom is -0.481 e. The van der Waals surface area contributed by atoms with Gasteiger partial charge in [0.25, 0.3) is 0 Å². The fourth-order valence-corrected chi connectivity index (χ4v) is 1.06. The van der Waals surface area contributed by atoms with Gasteiger partial charge in [-0.25, -0.2) is 0 Å². The summed E-state index contributed by atoms with van der Waals surface area (Å²) in [5, 5.41) is 11.4. The van der Waals surface area contributed by atoms with E-state index in [1.807, 2.05) is 0 Å². The maximum Gasteiger partial charge on any atom is 0.303 e. The first-order valence-corrected chi connectivity index (χ1v) is 3.86. The lowest BCUT2D eigenvalue weighted by Gasteiger charge is -2.23. The van der Waals surface area contributed by atoms with Gasteiger partial charge in [0.05, 0.1) is 0 Å². The average molecular weight is 159 g/mol. The molecule has 1 aliphatic heterocycles. The van der Waals surface area contributed by atoms with E-state index in [1.165, 1.54) is 0 Å². The van der Waals surface area contributed by atoms with E-state index in [2.05, 4.69) is 5.32 Å². The zero-order valence-electron chi connectivity index (χ0n) is 6.38. The SMILES string of the molecule is O=C(O)CCC1NCCCO1. The monoisotopic (exact) mass is 159 g/mol. The highest BCUT2D eigenvalue weighted by Gasteiger charge is 2.13. The van der Waals surface area contributed by atoms with Crippen LogP contribution in [0.15, 0.2) is 0 Å². The van der Waals surface area contributed by atoms with Crippen LogP contribution in [0.5, 0.6) is 0 Å². The summed E-state index contributed by atoms with van der Waals surface area (Å²) in [6.07, 6.45) is 1.72. The standard InChI is InChI=1S/C7H13NO3/c9-7(10)3-2-6-8-4-1-5-11-6/h6,8H,1-5H2,(H,9,10). The molecular weight excluding hydrogens is 146 g/mol. The Labute approximate surface area is 65.5 Å². The molecule has 0 radical (unpaired) electrons. The smallest absolute Gasteiger partial charge is 0.303 e. The van der Waals surface area contributed by atoms with Gasteiger partial charge < -0.3 is 9.84 Å². The Morgan fingerprint density at radius 3 is 3.09 bits per heavy atom. The van der Waals surface area contributed by atoms with Crippen molar-refractivity contribution in [1.82, 2.24) is 5.32 Å². The van der Waals surface area contributed by atoms with E-state index < -0.39 is 5.97 Å². The molecule has 4 nitrogen and oxygen atoms in total. The lowest BCUT2D eigenvalue weighted by molar-refractivity contribution is -0.138. The molecule has 1 unspecified atom stereocenters. The van der Waals surface area contributed by atoms with Gasteiger partial charge in [-0.05, 0) is 19.4 Å². The van der Waals surface area contributed by atoms with Crippen molar-refractivity contribution in [3.8, 4) is 0 Å². The molecular formula is C7H13NO3. The van der Waals surface area contributed by atoms with Crippen LogP contribution in [0.2, 0.25) is 0 Å². The van der Waals surface area contributed by atoms with E-state index in [1.54, 1.807) is 0 Å². The van der Waals surface area contributed by atoms with Crippen molar-refractivity contribution in [3.63, 3.8) is 0 Å². The van der Waals surface area contributed by atoms with Crippen molar-refractivity contribution in [2.75, 3.05) is 13.2 Å². The summed E-state index contributed by atoms with van der Waals surface area (Å²) < 4.78 is 5.25. The van der Waals surface area contributed by atoms with E-state index in [9.17, 15) is 4.79 Å². The molecule has 1 heterocycles. The van der Waals surface area contributed by atoms with Gasteiger partial charge in [0.15, 0.2) is 0 Å². The van der Waals surface area contributed by atoms with E-state index >= 15 is 0 Å². The molecule has 2 N–H and O–H groups in total. The molecule has 64 valence electrons. The van der Waals surface area contributed by atoms with Gasteiger partial charge in [0, 0.05) is 13.0 Å². The third kappa shape index (κ3) is 3.34. The molecule has 0 saturated carbocycles. The predicted octanol–water partition coefficient (Wildman–Crippen LogP) is 0.187. The molecule has 1 atom stereocenters. The van der Waals surface area contributed by atoms with Crippen molar-refractivity contribution >= 4 is 5.97 Å². The highest BCUT2D eigenvalue weighted by molar-refractivity contribution is 5.66. The number of ether oxygens (including phenoxy) is 1. The first kappa shape index (κ1) is 8.49. The van der Waals surface area contributed by atoms with Crippen molar-refractivity contribution in [2.45, 2.75) is 25.5 Å². The Morgan fingerprint density at radius 2 is 2.55 bits per heavy atom. The number of nitrogens with one attached hydrogen (secondary N) is 1. The molecule has 11 heavy (non-hydrogen) atoms. The van der Waals surface area contributed by atoms with Crippen LogP contribution >= 0.6 is 0 Å². The third-order valence-corrected chi connectivity index (χ3v) is 1.63. The van der Waals surface area contributed by atoms with E-state index in [0.717, 1.165) is 19.6 Å². The van der Waals surface area contributed by atoms with Crippen LogP contribution < -0.4 is 5.32 Å². The molecule has 1 fully saturated rings. The Bertz CT molecular complexity index is 132. The van der Waals surface area contributed by atoms with Crippen LogP contribution in [0, 0.1) is 0 Å². The predicted molar refractivity (Wildman–Crippen MR) is 39.2 cm³/mol. The lowest BCUT2D eigenvalue weighted by Crippen LogP contribution is -2.38. The quantitative estimate of drug-likeness (QED) is 0.617. The van der Waals surface area contributed by atoms with Gasteiger partial charge in [-0.2, -0.15) is 0 Å². The van der Waals surface area contributed by atoms with Gasteiger partial charge in [0.1, 0.15) is 6.23 Å². The summed E-state index contributed by atoms with van der Waals surface area (Å²) >= 11 is 0. The van der Waals surface area contributed by atoms with Crippen LogP contribution in [-0.4, -0.2) is 30.5 Å². The second-order valence-corrected chi connectivity index (χ2v) is 2.60. The fraction of sp³-hybridized carbons (Fsp3) is 0.857. The molecule has 1 saturated heterocycles. The number of aliphatic carboxylic acids is 1. The summed E-state index contributed by atoms with van der Waals surface area (Å²) in [7, 11) is 0. The van der Waals surface area contributed by atoms with E-state index in [0.29, 0.717) is 6.42 Å². The van der Waals surface area contributed by atoms with Crippen LogP contribution in [0.3, 0.4) is 0 Å². The molecule has 0 aromatic rings. The Kier molecular flexibility index (Phi) is 3.32. The second kappa shape index (κ2) is 4.31. The molecule has 0 spiro atoms. The van der Waals surface area contributed by atoms with Crippen LogP contribution in [-0.2, 0) is 9.53 Å². The lowest BCUT2D eigenvalue weighted by atomic mass is 10.2. The average Bonchev–Trinajstić information content (AvgIpc) is 2.03. The fourth-order valence-electron chi connectivity index (χ4n) is 1.06. The number of carboxylic acid groups (broad SMARTS) is 1. The van der Waals surface area contributed by atoms with Gasteiger partial charge in [-0.15, -0.1) is 0 Å². The summed E-state index contributed by atoms with van der Waals surface area (Å²) in [5.74, 6) is -0.763. The van der Waals surface area contributed by atoms with Crippen molar-refractivity contribution in [1.29, 1.82) is 0 Å². The molecule has 4 heteroatoms. The Hall–Kier alpha value is -0.610. The summed E-state index contributed by atoms with van der Waals surface area (Å²) in [6.45, 7) is 1.68. The minimum atomic E-state index is -0.763. The normalized spacial score (nSPS) is 24.9. The minimum absolute atomic E-state index is 0.0418. The maximum atomic E-state index is 10.2. The largest absolute Gasteiger partial charge is 0.481 e. The topological polar surface area (TPSA) is 58.6 Å². The molecule has 1 rings (SSSR count). The number of rotatable bonds is 3. The first-order chi connectivity index (χ1) is 5.29. The molecule has 1 aliphatic rings. The van der Waals surface area contributed by atoms with Crippen molar-refractivity contribution < 1.29 is 14.6 Å². The van der Waals surface area contributed by atoms with Crippen LogP contribution in [0.4, 0.5) is 0 Å². The molecule has 0 aliphatic carbocycles. The number of hydrogen-bond acceptors (Lipinski definition) is 3. The van der Waals surface area contributed by atoms with Crippen molar-refractivity contribution in [3.05, 3.63) is 0 Å². The highest BCUT2D eigenvalue weighted by Crippen LogP contribution is 2.03. The van der Waals surface area contributed by atoms with Gasteiger partial charge in [-0.3, -0.25) is 10.1 Å². The Morgan fingerprint density at radius 1 is 1.73 bits per heavy atom. The number of hydrogen-bond donors (Lipinski definition) is 2. The zero-order valence-corrected chi connectivity index (χ0v) is 6.38. The van der Waals surface area contributed by atoms with E-state index in [-0.39, 0.29) is 12.6 Å².